The predicted octanol–water partition coefficient (Wildman–Crippen LogP) is 3.83. The second-order valence-corrected chi connectivity index (χ2v) is 6.56. The number of amides is 1. The molecule has 1 aromatic carbocycles. The number of piperidine rings is 1. The number of rotatable bonds is 4. The molecule has 19 heavy (non-hydrogen) atoms. The number of benzene rings is 1. The molecule has 0 unspecified atom stereocenters. The minimum atomic E-state index is 0.267. The van der Waals surface area contributed by atoms with Crippen LogP contribution in [0.2, 0.25) is 5.02 Å². The van der Waals surface area contributed by atoms with Crippen molar-refractivity contribution >= 4 is 29.3 Å². The second kappa shape index (κ2) is 7.20. The van der Waals surface area contributed by atoms with Crippen LogP contribution in [0.25, 0.3) is 0 Å². The molecule has 0 N–H and O–H groups in total. The lowest BCUT2D eigenvalue weighted by Gasteiger charge is -2.30. The molecule has 0 saturated carbocycles. The van der Waals surface area contributed by atoms with Gasteiger partial charge in [-0.3, -0.25) is 4.79 Å². The molecule has 0 spiro atoms. The number of likely N-dealkylation sites (tertiary alicyclic amines) is 1. The Kier molecular flexibility index (Phi) is 5.59. The molecule has 1 heterocycles. The highest BCUT2D eigenvalue weighted by atomic mass is 35.5. The van der Waals surface area contributed by atoms with Gasteiger partial charge in [-0.1, -0.05) is 36.7 Å². The van der Waals surface area contributed by atoms with Crippen molar-refractivity contribution in [3.63, 3.8) is 0 Å². The van der Waals surface area contributed by atoms with Crippen LogP contribution in [0, 0.1) is 5.92 Å². The Balaban J connectivity index is 1.76. The fourth-order valence-electron chi connectivity index (χ4n) is 2.37. The van der Waals surface area contributed by atoms with Gasteiger partial charge in [0.05, 0.1) is 5.75 Å². The van der Waals surface area contributed by atoms with Crippen LogP contribution in [0.3, 0.4) is 0 Å². The summed E-state index contributed by atoms with van der Waals surface area (Å²) in [6.07, 6.45) is 2.39. The number of carbonyl (C=O) groups excluding carboxylic acids is 1. The Hall–Kier alpha value is -0.670. The van der Waals surface area contributed by atoms with Crippen molar-refractivity contribution in [3.05, 3.63) is 34.9 Å². The smallest absolute Gasteiger partial charge is 0.232 e. The molecule has 1 aliphatic heterocycles. The zero-order valence-electron chi connectivity index (χ0n) is 11.3. The molecular weight excluding hydrogens is 278 g/mol. The van der Waals surface area contributed by atoms with Crippen LogP contribution in [-0.2, 0) is 10.5 Å². The van der Waals surface area contributed by atoms with E-state index in [0.29, 0.717) is 11.7 Å². The van der Waals surface area contributed by atoms with E-state index in [1.54, 1.807) is 11.8 Å². The van der Waals surface area contributed by atoms with Gasteiger partial charge in [0.25, 0.3) is 0 Å². The Morgan fingerprint density at radius 1 is 1.47 bits per heavy atom. The van der Waals surface area contributed by atoms with Crippen LogP contribution in [0.4, 0.5) is 0 Å². The molecule has 0 aliphatic carbocycles. The maximum Gasteiger partial charge on any atom is 0.232 e. The average Bonchev–Trinajstić information content (AvgIpc) is 2.41. The normalized spacial score (nSPS) is 19.5. The van der Waals surface area contributed by atoms with Crippen molar-refractivity contribution in [1.82, 2.24) is 4.90 Å². The van der Waals surface area contributed by atoms with Crippen LogP contribution >= 0.6 is 23.4 Å². The van der Waals surface area contributed by atoms with Gasteiger partial charge in [-0.25, -0.2) is 0 Å². The van der Waals surface area contributed by atoms with Gasteiger partial charge in [-0.15, -0.1) is 11.8 Å². The highest BCUT2D eigenvalue weighted by Gasteiger charge is 2.20. The highest BCUT2D eigenvalue weighted by Crippen LogP contribution is 2.22. The maximum atomic E-state index is 12.1. The van der Waals surface area contributed by atoms with E-state index in [9.17, 15) is 4.79 Å². The largest absolute Gasteiger partial charge is 0.342 e. The zero-order valence-corrected chi connectivity index (χ0v) is 12.8. The molecule has 2 rings (SSSR count). The van der Waals surface area contributed by atoms with Crippen molar-refractivity contribution in [2.24, 2.45) is 5.92 Å². The lowest BCUT2D eigenvalue weighted by Crippen LogP contribution is -2.40. The molecule has 1 atom stereocenters. The molecule has 2 nitrogen and oxygen atoms in total. The predicted molar refractivity (Wildman–Crippen MR) is 82.6 cm³/mol. The molecule has 104 valence electrons. The maximum absolute atomic E-state index is 12.1. The third kappa shape index (κ3) is 4.43. The van der Waals surface area contributed by atoms with Gasteiger partial charge in [0, 0.05) is 23.9 Å². The molecule has 1 aromatic rings. The number of hydrogen-bond acceptors (Lipinski definition) is 2. The lowest BCUT2D eigenvalue weighted by molar-refractivity contribution is -0.130. The summed E-state index contributed by atoms with van der Waals surface area (Å²) >= 11 is 7.75. The summed E-state index contributed by atoms with van der Waals surface area (Å²) in [5, 5.41) is 0.786. The molecular formula is C15H20ClNOS. The topological polar surface area (TPSA) is 20.3 Å². The zero-order chi connectivity index (χ0) is 13.7. The van der Waals surface area contributed by atoms with Gasteiger partial charge in [-0.05, 0) is 30.4 Å². The van der Waals surface area contributed by atoms with E-state index >= 15 is 0 Å². The lowest BCUT2D eigenvalue weighted by atomic mass is 10.0. The molecule has 0 radical (unpaired) electrons. The Labute approximate surface area is 124 Å². The van der Waals surface area contributed by atoms with Crippen molar-refractivity contribution in [2.45, 2.75) is 25.5 Å². The summed E-state index contributed by atoms with van der Waals surface area (Å²) in [6.45, 7) is 4.07. The minimum absolute atomic E-state index is 0.267. The third-order valence-corrected chi connectivity index (χ3v) is 4.79. The second-order valence-electron chi connectivity index (χ2n) is 5.17. The van der Waals surface area contributed by atoms with Crippen molar-refractivity contribution in [1.29, 1.82) is 0 Å². The standard InChI is InChI=1S/C15H20ClNOS/c1-12-5-4-8-17(9-12)15(18)11-19-10-13-6-2-3-7-14(13)16/h2-3,6-7,12H,4-5,8-11H2,1H3/t12-/m0/s1. The Morgan fingerprint density at radius 3 is 3.00 bits per heavy atom. The molecule has 1 amide bonds. The monoisotopic (exact) mass is 297 g/mol. The van der Waals surface area contributed by atoms with Crippen molar-refractivity contribution in [3.8, 4) is 0 Å². The Bertz CT molecular complexity index is 438. The molecule has 1 fully saturated rings. The molecule has 0 bridgehead atoms. The summed E-state index contributed by atoms with van der Waals surface area (Å²) in [5.41, 5.74) is 1.11. The van der Waals surface area contributed by atoms with Gasteiger partial charge in [0.2, 0.25) is 5.91 Å². The van der Waals surface area contributed by atoms with E-state index in [2.05, 4.69) is 6.92 Å². The fourth-order valence-corrected chi connectivity index (χ4v) is 3.58. The fraction of sp³-hybridized carbons (Fsp3) is 0.533. The third-order valence-electron chi connectivity index (χ3n) is 3.45. The van der Waals surface area contributed by atoms with Crippen LogP contribution < -0.4 is 0 Å². The molecule has 0 aromatic heterocycles. The van der Waals surface area contributed by atoms with Gasteiger partial charge in [0.15, 0.2) is 0 Å². The van der Waals surface area contributed by atoms with Gasteiger partial charge < -0.3 is 4.90 Å². The molecule has 1 saturated heterocycles. The first-order valence-electron chi connectivity index (χ1n) is 6.75. The number of halogens is 1. The molecule has 4 heteroatoms. The number of thioether (sulfide) groups is 1. The quantitative estimate of drug-likeness (QED) is 0.842. The number of nitrogens with zero attached hydrogens (tertiary/aromatic N) is 1. The number of carbonyl (C=O) groups is 1. The van der Waals surface area contributed by atoms with Crippen LogP contribution in [-0.4, -0.2) is 29.6 Å². The van der Waals surface area contributed by atoms with Crippen LogP contribution in [0.5, 0.6) is 0 Å². The van der Waals surface area contributed by atoms with Gasteiger partial charge >= 0.3 is 0 Å². The van der Waals surface area contributed by atoms with E-state index in [1.807, 2.05) is 29.2 Å². The first-order valence-corrected chi connectivity index (χ1v) is 8.29. The van der Waals surface area contributed by atoms with Crippen molar-refractivity contribution in [2.75, 3.05) is 18.8 Å². The van der Waals surface area contributed by atoms with Crippen LogP contribution in [0.1, 0.15) is 25.3 Å². The van der Waals surface area contributed by atoms with Crippen LogP contribution in [0.15, 0.2) is 24.3 Å². The summed E-state index contributed by atoms with van der Waals surface area (Å²) in [4.78, 5) is 14.1. The minimum Gasteiger partial charge on any atom is -0.342 e. The summed E-state index contributed by atoms with van der Waals surface area (Å²) in [7, 11) is 0. The van der Waals surface area contributed by atoms with E-state index < -0.39 is 0 Å². The Morgan fingerprint density at radius 2 is 2.26 bits per heavy atom. The summed E-state index contributed by atoms with van der Waals surface area (Å²) in [5.74, 6) is 2.27. The van der Waals surface area contributed by atoms with E-state index in [0.717, 1.165) is 35.8 Å². The van der Waals surface area contributed by atoms with Gasteiger partial charge in [0.1, 0.15) is 0 Å². The molecule has 1 aliphatic rings. The SMILES string of the molecule is C[C@H]1CCCN(C(=O)CSCc2ccccc2Cl)C1. The van der Waals surface area contributed by atoms with Gasteiger partial charge in [-0.2, -0.15) is 0 Å². The van der Waals surface area contributed by atoms with E-state index in [-0.39, 0.29) is 5.91 Å². The van der Waals surface area contributed by atoms with E-state index in [4.69, 9.17) is 11.6 Å². The van der Waals surface area contributed by atoms with Crippen molar-refractivity contribution < 1.29 is 4.79 Å². The highest BCUT2D eigenvalue weighted by molar-refractivity contribution is 7.99. The first kappa shape index (κ1) is 14.7. The van der Waals surface area contributed by atoms with E-state index in [1.165, 1.54) is 6.42 Å². The average molecular weight is 298 g/mol. The number of hydrogen-bond donors (Lipinski definition) is 0. The summed E-state index contributed by atoms with van der Waals surface area (Å²) < 4.78 is 0. The first-order chi connectivity index (χ1) is 9.16. The summed E-state index contributed by atoms with van der Waals surface area (Å²) in [6, 6.07) is 7.82.